The van der Waals surface area contributed by atoms with Crippen molar-refractivity contribution in [3.05, 3.63) is 30.0 Å². The summed E-state index contributed by atoms with van der Waals surface area (Å²) >= 11 is 0. The summed E-state index contributed by atoms with van der Waals surface area (Å²) in [6.07, 6.45) is 0. The molecule has 0 aliphatic carbocycles. The van der Waals surface area contributed by atoms with E-state index in [1.54, 1.807) is 24.3 Å². The van der Waals surface area contributed by atoms with Gasteiger partial charge < -0.3 is 15.6 Å². The highest BCUT2D eigenvalue weighted by Gasteiger charge is 2.06. The summed E-state index contributed by atoms with van der Waals surface area (Å²) in [4.78, 5) is 0. The molecule has 15 heavy (non-hydrogen) atoms. The number of nitrogens with one attached hydrogen (secondary N) is 1. The number of anilines is 1. The number of nitrogens with two attached hydrogens (primary N) is 1. The van der Waals surface area contributed by atoms with Crippen LogP contribution < -0.4 is 10.5 Å². The summed E-state index contributed by atoms with van der Waals surface area (Å²) < 4.78 is 5.31. The highest BCUT2D eigenvalue weighted by Crippen LogP contribution is 2.25. The van der Waals surface area contributed by atoms with Gasteiger partial charge in [0.1, 0.15) is 12.3 Å². The summed E-state index contributed by atoms with van der Waals surface area (Å²) in [6, 6.07) is 6.68. The molecule has 0 unspecified atom stereocenters. The number of nitrogens with zero attached hydrogens (tertiary/aromatic N) is 2. The Bertz CT molecular complexity index is 455. The van der Waals surface area contributed by atoms with Gasteiger partial charge in [-0.05, 0) is 12.1 Å². The molecule has 0 aliphatic heterocycles. The van der Waals surface area contributed by atoms with Gasteiger partial charge in [-0.2, -0.15) is 10.3 Å². The molecule has 2 rings (SSSR count). The minimum absolute atomic E-state index is 0.0829. The maximum Gasteiger partial charge on any atom is 0.172 e. The Hall–Kier alpha value is -2.24. The molecule has 2 aromatic rings. The Kier molecular flexibility index (Phi) is 2.40. The normalized spacial score (nSPS) is 10.1. The SMILES string of the molecule is Nc1n[nH]nc1COc1ccccc1O. The van der Waals surface area contributed by atoms with E-state index in [1.807, 2.05) is 0 Å². The molecule has 0 atom stereocenters. The average molecular weight is 206 g/mol. The average Bonchev–Trinajstić information content (AvgIpc) is 2.63. The van der Waals surface area contributed by atoms with Gasteiger partial charge in [-0.3, -0.25) is 0 Å². The molecule has 0 bridgehead atoms. The van der Waals surface area contributed by atoms with Gasteiger partial charge >= 0.3 is 0 Å². The molecule has 0 aliphatic rings. The lowest BCUT2D eigenvalue weighted by Crippen LogP contribution is -1.99. The van der Waals surface area contributed by atoms with Gasteiger partial charge in [-0.15, -0.1) is 5.10 Å². The van der Waals surface area contributed by atoms with Gasteiger partial charge in [0.05, 0.1) is 0 Å². The summed E-state index contributed by atoms with van der Waals surface area (Å²) in [5.41, 5.74) is 6.01. The molecule has 0 radical (unpaired) electrons. The zero-order chi connectivity index (χ0) is 10.7. The highest BCUT2D eigenvalue weighted by atomic mass is 16.5. The Morgan fingerprint density at radius 1 is 1.33 bits per heavy atom. The van der Waals surface area contributed by atoms with E-state index in [0.29, 0.717) is 17.3 Å². The van der Waals surface area contributed by atoms with Crippen LogP contribution >= 0.6 is 0 Å². The third-order valence-corrected chi connectivity index (χ3v) is 1.88. The number of rotatable bonds is 3. The molecule has 4 N–H and O–H groups in total. The first-order chi connectivity index (χ1) is 7.27. The smallest absolute Gasteiger partial charge is 0.172 e. The molecule has 0 amide bonds. The maximum absolute atomic E-state index is 9.41. The number of H-pyrrole nitrogens is 1. The fourth-order valence-electron chi connectivity index (χ4n) is 1.09. The summed E-state index contributed by atoms with van der Waals surface area (Å²) in [5.74, 6) is 0.768. The van der Waals surface area contributed by atoms with Gasteiger partial charge in [0.25, 0.3) is 0 Å². The number of phenols is 1. The van der Waals surface area contributed by atoms with Crippen LogP contribution in [0.15, 0.2) is 24.3 Å². The first-order valence-corrected chi connectivity index (χ1v) is 4.33. The second-order valence-electron chi connectivity index (χ2n) is 2.91. The number of benzene rings is 1. The van der Waals surface area contributed by atoms with Crippen molar-refractivity contribution >= 4 is 5.82 Å². The number of hydrogen-bond acceptors (Lipinski definition) is 5. The zero-order valence-electron chi connectivity index (χ0n) is 7.84. The number of nitrogen functional groups attached to an aromatic ring is 1. The number of aromatic amines is 1. The molecule has 1 aromatic heterocycles. The van der Waals surface area contributed by atoms with Crippen molar-refractivity contribution in [1.82, 2.24) is 15.4 Å². The molecule has 0 saturated heterocycles. The van der Waals surface area contributed by atoms with Crippen molar-refractivity contribution < 1.29 is 9.84 Å². The van der Waals surface area contributed by atoms with Gasteiger partial charge in [-0.1, -0.05) is 12.1 Å². The van der Waals surface area contributed by atoms with E-state index in [4.69, 9.17) is 10.5 Å². The van der Waals surface area contributed by atoms with Crippen LogP contribution in [0.5, 0.6) is 11.5 Å². The number of aromatic nitrogens is 3. The predicted octanol–water partition coefficient (Wildman–Crippen LogP) is 0.671. The van der Waals surface area contributed by atoms with Crippen LogP contribution in [0, 0.1) is 0 Å². The van der Waals surface area contributed by atoms with E-state index in [1.165, 1.54) is 0 Å². The van der Waals surface area contributed by atoms with Crippen molar-refractivity contribution in [1.29, 1.82) is 0 Å². The lowest BCUT2D eigenvalue weighted by atomic mass is 10.3. The highest BCUT2D eigenvalue weighted by molar-refractivity contribution is 5.38. The second-order valence-corrected chi connectivity index (χ2v) is 2.91. The second kappa shape index (κ2) is 3.87. The van der Waals surface area contributed by atoms with Crippen LogP contribution in [-0.2, 0) is 6.61 Å². The van der Waals surface area contributed by atoms with E-state index in [2.05, 4.69) is 15.4 Å². The fraction of sp³-hybridized carbons (Fsp3) is 0.111. The third kappa shape index (κ3) is 1.98. The largest absolute Gasteiger partial charge is 0.504 e. The third-order valence-electron chi connectivity index (χ3n) is 1.88. The molecule has 0 spiro atoms. The van der Waals surface area contributed by atoms with Crippen molar-refractivity contribution in [3.63, 3.8) is 0 Å². The van der Waals surface area contributed by atoms with Gasteiger partial charge in [0, 0.05) is 0 Å². The summed E-state index contributed by atoms with van der Waals surface area (Å²) in [6.45, 7) is 0.167. The van der Waals surface area contributed by atoms with E-state index in [0.717, 1.165) is 0 Å². The fourth-order valence-corrected chi connectivity index (χ4v) is 1.09. The molecular weight excluding hydrogens is 196 g/mol. The molecule has 78 valence electrons. The standard InChI is InChI=1S/C9H10N4O2/c10-9-6(11-13-12-9)5-15-8-4-2-1-3-7(8)14/h1-4,14H,5H2,(H3,10,11,12,13). The van der Waals surface area contributed by atoms with E-state index >= 15 is 0 Å². The van der Waals surface area contributed by atoms with Crippen molar-refractivity contribution in [2.45, 2.75) is 6.61 Å². The minimum Gasteiger partial charge on any atom is -0.504 e. The topological polar surface area (TPSA) is 97.1 Å². The molecular formula is C9H10N4O2. The van der Waals surface area contributed by atoms with Crippen LogP contribution in [0.1, 0.15) is 5.69 Å². The van der Waals surface area contributed by atoms with Crippen molar-refractivity contribution in [3.8, 4) is 11.5 Å². The van der Waals surface area contributed by atoms with E-state index in [9.17, 15) is 5.11 Å². The molecule has 6 heteroatoms. The Morgan fingerprint density at radius 3 is 2.80 bits per heavy atom. The first kappa shape index (κ1) is 9.32. The van der Waals surface area contributed by atoms with E-state index < -0.39 is 0 Å². The lowest BCUT2D eigenvalue weighted by molar-refractivity contribution is 0.285. The Balaban J connectivity index is 2.06. The monoisotopic (exact) mass is 206 g/mol. The van der Waals surface area contributed by atoms with Gasteiger partial charge in [-0.25, -0.2) is 0 Å². The van der Waals surface area contributed by atoms with Crippen LogP contribution in [0.3, 0.4) is 0 Å². The predicted molar refractivity (Wildman–Crippen MR) is 53.2 cm³/mol. The quantitative estimate of drug-likeness (QED) is 0.685. The molecule has 0 fully saturated rings. The Morgan fingerprint density at radius 2 is 2.13 bits per heavy atom. The van der Waals surface area contributed by atoms with Crippen LogP contribution in [0.4, 0.5) is 5.82 Å². The van der Waals surface area contributed by atoms with E-state index in [-0.39, 0.29) is 12.4 Å². The van der Waals surface area contributed by atoms with Crippen LogP contribution in [0.25, 0.3) is 0 Å². The van der Waals surface area contributed by atoms with Gasteiger partial charge in [0.15, 0.2) is 17.3 Å². The Labute approximate surface area is 85.7 Å². The number of ether oxygens (including phenoxy) is 1. The number of phenolic OH excluding ortho intramolecular Hbond substituents is 1. The van der Waals surface area contributed by atoms with Gasteiger partial charge in [0.2, 0.25) is 0 Å². The van der Waals surface area contributed by atoms with Crippen LogP contribution in [-0.4, -0.2) is 20.5 Å². The number of hydrogen-bond donors (Lipinski definition) is 3. The number of para-hydroxylation sites is 2. The summed E-state index contributed by atoms with van der Waals surface area (Å²) in [7, 11) is 0. The van der Waals surface area contributed by atoms with Crippen molar-refractivity contribution in [2.24, 2.45) is 0 Å². The molecule has 1 heterocycles. The van der Waals surface area contributed by atoms with Crippen LogP contribution in [0.2, 0.25) is 0 Å². The molecule has 6 nitrogen and oxygen atoms in total. The maximum atomic E-state index is 9.41. The minimum atomic E-state index is 0.0829. The first-order valence-electron chi connectivity index (χ1n) is 4.33. The molecule has 1 aromatic carbocycles. The molecule has 0 saturated carbocycles. The summed E-state index contributed by atoms with van der Waals surface area (Å²) in [5, 5.41) is 19.2. The zero-order valence-corrected chi connectivity index (χ0v) is 7.84. The number of aromatic hydroxyl groups is 1. The van der Waals surface area contributed by atoms with Crippen molar-refractivity contribution in [2.75, 3.05) is 5.73 Å². The lowest BCUT2D eigenvalue weighted by Gasteiger charge is -2.05.